The van der Waals surface area contributed by atoms with Crippen molar-refractivity contribution in [2.75, 3.05) is 18.1 Å². The fourth-order valence-electron chi connectivity index (χ4n) is 6.43. The number of aliphatic hydroxyl groups is 1. The molecule has 5 rings (SSSR count). The summed E-state index contributed by atoms with van der Waals surface area (Å²) in [5.74, 6) is -1.46. The lowest BCUT2D eigenvalue weighted by Crippen LogP contribution is -2.74. The van der Waals surface area contributed by atoms with Crippen molar-refractivity contribution < 1.29 is 29.0 Å². The van der Waals surface area contributed by atoms with E-state index in [1.807, 2.05) is 42.5 Å². The van der Waals surface area contributed by atoms with Gasteiger partial charge in [-0.25, -0.2) is 4.79 Å². The van der Waals surface area contributed by atoms with E-state index in [4.69, 9.17) is 9.47 Å². The second-order valence-electron chi connectivity index (χ2n) is 13.2. The molecule has 0 radical (unpaired) electrons. The van der Waals surface area contributed by atoms with E-state index in [9.17, 15) is 19.5 Å². The average Bonchev–Trinajstić information content (AvgIpc) is 3.28. The highest BCUT2D eigenvalue weighted by Crippen LogP contribution is 2.42. The van der Waals surface area contributed by atoms with Gasteiger partial charge in [0.05, 0.1) is 6.61 Å². The zero-order valence-electron chi connectivity index (χ0n) is 25.7. The minimum atomic E-state index is -2.91. The molecular formula is C34H40N2O6Si. The number of aliphatic hydroxyl groups excluding tert-OH is 1. The molecule has 1 N–H and O–H groups in total. The topological polar surface area (TPSA) is 96.4 Å². The molecule has 3 aromatic carbocycles. The van der Waals surface area contributed by atoms with Gasteiger partial charge in [-0.3, -0.25) is 9.59 Å². The van der Waals surface area contributed by atoms with Crippen LogP contribution < -0.4 is 15.3 Å². The molecule has 3 aromatic rings. The molecule has 43 heavy (non-hydrogen) atoms. The van der Waals surface area contributed by atoms with Crippen LogP contribution in [0.4, 0.5) is 5.69 Å². The van der Waals surface area contributed by atoms with E-state index < -0.39 is 37.9 Å². The molecule has 0 aromatic heterocycles. The fraction of sp³-hybridized carbons (Fsp3) is 0.382. The van der Waals surface area contributed by atoms with Crippen LogP contribution in [0.25, 0.3) is 0 Å². The molecule has 0 bridgehead atoms. The molecule has 2 atom stereocenters. The third kappa shape index (κ3) is 5.53. The van der Waals surface area contributed by atoms with Crippen molar-refractivity contribution in [3.05, 3.63) is 90.0 Å². The van der Waals surface area contributed by atoms with E-state index in [2.05, 4.69) is 49.6 Å². The molecule has 2 heterocycles. The van der Waals surface area contributed by atoms with Gasteiger partial charge in [-0.15, -0.1) is 0 Å². The van der Waals surface area contributed by atoms with Crippen LogP contribution in [0.15, 0.2) is 78.9 Å². The van der Waals surface area contributed by atoms with Crippen molar-refractivity contribution in [2.24, 2.45) is 0 Å². The molecule has 2 aliphatic heterocycles. The summed E-state index contributed by atoms with van der Waals surface area (Å²) in [6.07, 6.45) is -3.14. The normalized spacial score (nSPS) is 18.4. The number of ether oxygens (including phenoxy) is 2. The van der Waals surface area contributed by atoms with Crippen molar-refractivity contribution >= 4 is 42.1 Å². The molecule has 0 spiro atoms. The van der Waals surface area contributed by atoms with Crippen LogP contribution in [-0.4, -0.2) is 66.7 Å². The number of fused-ring (bicyclic) bond motifs is 1. The van der Waals surface area contributed by atoms with Crippen molar-refractivity contribution in [3.8, 4) is 0 Å². The molecule has 2 aliphatic rings. The number of nitrogens with zero attached hydrogens (tertiary/aromatic N) is 2. The zero-order chi connectivity index (χ0) is 31.2. The SMILES string of the molecule is CC(C)(C)OC(=O)[C@H](O)[C@H]1OCCN(c2ccc3c(c2)CN([Si](c2ccccc2)(c2ccccc2)C(C)(C)C)C3=O)C1=O. The van der Waals surface area contributed by atoms with Gasteiger partial charge in [0.25, 0.3) is 5.91 Å². The van der Waals surface area contributed by atoms with Crippen LogP contribution in [0.5, 0.6) is 0 Å². The Bertz CT molecular complexity index is 1470. The van der Waals surface area contributed by atoms with E-state index in [1.165, 1.54) is 4.90 Å². The van der Waals surface area contributed by atoms with Gasteiger partial charge in [-0.2, -0.15) is 0 Å². The van der Waals surface area contributed by atoms with Gasteiger partial charge >= 0.3 is 5.97 Å². The average molecular weight is 601 g/mol. The van der Waals surface area contributed by atoms with E-state index in [-0.39, 0.29) is 24.1 Å². The number of carbonyl (C=O) groups excluding carboxylic acids is 3. The van der Waals surface area contributed by atoms with E-state index in [1.54, 1.807) is 32.9 Å². The molecule has 9 heteroatoms. The number of carbonyl (C=O) groups is 3. The molecule has 2 amide bonds. The number of anilines is 1. The van der Waals surface area contributed by atoms with Gasteiger partial charge in [0.1, 0.15) is 5.60 Å². The lowest BCUT2D eigenvalue weighted by molar-refractivity contribution is -0.177. The summed E-state index contributed by atoms with van der Waals surface area (Å²) >= 11 is 0. The van der Waals surface area contributed by atoms with Gasteiger partial charge in [-0.1, -0.05) is 81.4 Å². The second-order valence-corrected chi connectivity index (χ2v) is 17.8. The van der Waals surface area contributed by atoms with Crippen LogP contribution in [0.2, 0.25) is 5.04 Å². The maximum Gasteiger partial charge on any atom is 0.338 e. The van der Waals surface area contributed by atoms with Crippen molar-refractivity contribution in [2.45, 2.75) is 70.9 Å². The van der Waals surface area contributed by atoms with Crippen LogP contribution in [0.3, 0.4) is 0 Å². The lowest BCUT2D eigenvalue weighted by Gasteiger charge is -2.49. The predicted molar refractivity (Wildman–Crippen MR) is 168 cm³/mol. The number of amides is 2. The van der Waals surface area contributed by atoms with Crippen LogP contribution in [-0.2, 0) is 25.6 Å². The van der Waals surface area contributed by atoms with Gasteiger partial charge in [0, 0.05) is 24.3 Å². The Morgan fingerprint density at radius 3 is 2.05 bits per heavy atom. The molecule has 1 saturated heterocycles. The Hall–Kier alpha value is -3.79. The third-order valence-corrected chi connectivity index (χ3v) is 13.8. The predicted octanol–water partition coefficient (Wildman–Crippen LogP) is 3.64. The summed E-state index contributed by atoms with van der Waals surface area (Å²) in [5, 5.41) is 12.7. The minimum Gasteiger partial charge on any atom is -0.458 e. The standard InChI is InChI=1S/C34H40N2O6Si/c1-33(2,3)42-32(40)28(37)29-31(39)35(19-20-41-29)24-17-18-27-23(21-24)22-36(30(27)38)43(34(4,5)6,25-13-9-7-10-14-25)26-15-11-8-12-16-26/h7-18,21,28-29,37H,19-20,22H2,1-6H3/t28-,29-/m1/s1. The molecule has 0 unspecified atom stereocenters. The quantitative estimate of drug-likeness (QED) is 0.343. The van der Waals surface area contributed by atoms with Crippen LogP contribution in [0.1, 0.15) is 57.5 Å². The number of rotatable bonds is 6. The highest BCUT2D eigenvalue weighted by atomic mass is 28.3. The fourth-order valence-corrected chi connectivity index (χ4v) is 12.1. The molecule has 226 valence electrons. The lowest BCUT2D eigenvalue weighted by atomic mass is 10.1. The smallest absolute Gasteiger partial charge is 0.338 e. The van der Waals surface area contributed by atoms with Crippen molar-refractivity contribution in [1.82, 2.24) is 4.57 Å². The van der Waals surface area contributed by atoms with E-state index >= 15 is 0 Å². The van der Waals surface area contributed by atoms with E-state index in [0.29, 0.717) is 17.8 Å². The first-order chi connectivity index (χ1) is 20.3. The monoisotopic (exact) mass is 600 g/mol. The summed E-state index contributed by atoms with van der Waals surface area (Å²) in [7, 11) is -2.91. The maximum absolute atomic E-state index is 14.3. The Labute approximate surface area is 254 Å². The highest BCUT2D eigenvalue weighted by molar-refractivity contribution is 7.03. The van der Waals surface area contributed by atoms with Crippen molar-refractivity contribution in [1.29, 1.82) is 0 Å². The first kappa shape index (κ1) is 30.7. The first-order valence-electron chi connectivity index (χ1n) is 14.7. The summed E-state index contributed by atoms with van der Waals surface area (Å²) < 4.78 is 12.9. The first-order valence-corrected chi connectivity index (χ1v) is 16.6. The number of hydrogen-bond donors (Lipinski definition) is 1. The Morgan fingerprint density at radius 2 is 1.51 bits per heavy atom. The highest BCUT2D eigenvalue weighted by Gasteiger charge is 2.56. The molecule has 8 nitrogen and oxygen atoms in total. The number of benzene rings is 3. The minimum absolute atomic E-state index is 0.0256. The summed E-state index contributed by atoms with van der Waals surface area (Å²) in [6.45, 7) is 12.5. The Kier molecular flexibility index (Phi) is 8.11. The molecule has 1 fully saturated rings. The van der Waals surface area contributed by atoms with Crippen LogP contribution in [0, 0.1) is 0 Å². The largest absolute Gasteiger partial charge is 0.458 e. The van der Waals surface area contributed by atoms with E-state index in [0.717, 1.165) is 15.9 Å². The van der Waals surface area contributed by atoms with Crippen molar-refractivity contribution in [3.63, 3.8) is 0 Å². The molecule has 0 saturated carbocycles. The summed E-state index contributed by atoms with van der Waals surface area (Å²) in [4.78, 5) is 41.8. The van der Waals surface area contributed by atoms with Gasteiger partial charge in [0.15, 0.2) is 12.2 Å². The van der Waals surface area contributed by atoms with Gasteiger partial charge in [-0.05, 0) is 59.9 Å². The molecule has 0 aliphatic carbocycles. The van der Waals surface area contributed by atoms with Gasteiger partial charge in [0.2, 0.25) is 14.1 Å². The Morgan fingerprint density at radius 1 is 0.930 bits per heavy atom. The second kappa shape index (κ2) is 11.4. The Balaban J connectivity index is 1.50. The summed E-state index contributed by atoms with van der Waals surface area (Å²) in [6, 6.07) is 26.1. The number of esters is 1. The zero-order valence-corrected chi connectivity index (χ0v) is 26.7. The van der Waals surface area contributed by atoms with Gasteiger partial charge < -0.3 is 24.0 Å². The maximum atomic E-state index is 14.3. The number of morpholine rings is 1. The molecular weight excluding hydrogens is 560 g/mol. The van der Waals surface area contributed by atoms with Crippen LogP contribution >= 0.6 is 0 Å². The third-order valence-electron chi connectivity index (χ3n) is 8.13. The number of hydrogen-bond acceptors (Lipinski definition) is 6. The summed E-state index contributed by atoms with van der Waals surface area (Å²) in [5.41, 5.74) is 1.21.